The van der Waals surface area contributed by atoms with E-state index in [1.807, 2.05) is 6.07 Å². The van der Waals surface area contributed by atoms with Gasteiger partial charge in [0.1, 0.15) is 17.7 Å². The largest absolute Gasteiger partial charge is 0.398 e. The first kappa shape index (κ1) is 21.1. The Bertz CT molecular complexity index is 908. The zero-order chi connectivity index (χ0) is 21.0. The number of nitrogens with two attached hydrogens (primary N) is 1. The van der Waals surface area contributed by atoms with Crippen LogP contribution < -0.4 is 10.6 Å². The van der Waals surface area contributed by atoms with Crippen LogP contribution in [0.1, 0.15) is 80.2 Å². The summed E-state index contributed by atoms with van der Waals surface area (Å²) in [6.07, 6.45) is 5.66. The summed E-state index contributed by atoms with van der Waals surface area (Å²) in [6, 6.07) is 6.39. The van der Waals surface area contributed by atoms with Crippen LogP contribution in [0.5, 0.6) is 0 Å². The minimum absolute atomic E-state index is 0.284. The Morgan fingerprint density at radius 3 is 2.55 bits per heavy atom. The zero-order valence-electron chi connectivity index (χ0n) is 18.3. The van der Waals surface area contributed by atoms with Crippen molar-refractivity contribution < 1.29 is 0 Å². The molecule has 0 fully saturated rings. The Morgan fingerprint density at radius 1 is 1.17 bits per heavy atom. The topological polar surface area (TPSA) is 78.8 Å². The fraction of sp³-hybridized carbons (Fsp3) is 0.542. The SMILES string of the molecule is CCCc1ccc(N)c(C#N)c1C1CCc2c(nc(CC)nc2N(CC)CC)C1. The smallest absolute Gasteiger partial charge is 0.135 e. The lowest BCUT2D eigenvalue weighted by atomic mass is 9.78. The molecule has 1 heterocycles. The zero-order valence-corrected chi connectivity index (χ0v) is 18.3. The van der Waals surface area contributed by atoms with Gasteiger partial charge in [-0.2, -0.15) is 5.26 Å². The van der Waals surface area contributed by atoms with Gasteiger partial charge in [-0.25, -0.2) is 9.97 Å². The second kappa shape index (κ2) is 9.26. The van der Waals surface area contributed by atoms with Gasteiger partial charge in [-0.1, -0.05) is 26.3 Å². The van der Waals surface area contributed by atoms with Crippen LogP contribution in [-0.4, -0.2) is 23.1 Å². The van der Waals surface area contributed by atoms with Gasteiger partial charge in [-0.05, 0) is 62.6 Å². The molecule has 2 N–H and O–H groups in total. The number of nitrogen functional groups attached to an aromatic ring is 1. The molecule has 1 unspecified atom stereocenters. The van der Waals surface area contributed by atoms with E-state index in [1.165, 1.54) is 11.1 Å². The van der Waals surface area contributed by atoms with Gasteiger partial charge >= 0.3 is 0 Å². The lowest BCUT2D eigenvalue weighted by molar-refractivity contribution is 0.559. The van der Waals surface area contributed by atoms with Crippen molar-refractivity contribution in [2.24, 2.45) is 0 Å². The number of anilines is 2. The summed E-state index contributed by atoms with van der Waals surface area (Å²) in [7, 11) is 0. The number of aryl methyl sites for hydroxylation is 2. The lowest BCUT2D eigenvalue weighted by Gasteiger charge is -2.31. The molecule has 29 heavy (non-hydrogen) atoms. The molecular formula is C24H33N5. The summed E-state index contributed by atoms with van der Waals surface area (Å²) in [4.78, 5) is 12.1. The molecule has 3 rings (SSSR count). The maximum Gasteiger partial charge on any atom is 0.135 e. The van der Waals surface area contributed by atoms with Crippen LogP contribution in [0.2, 0.25) is 0 Å². The molecule has 0 radical (unpaired) electrons. The predicted octanol–water partition coefficient (Wildman–Crippen LogP) is 4.56. The van der Waals surface area contributed by atoms with Crippen molar-refractivity contribution in [3.8, 4) is 6.07 Å². The average Bonchev–Trinajstić information content (AvgIpc) is 2.75. The molecule has 0 saturated heterocycles. The van der Waals surface area contributed by atoms with Crippen molar-refractivity contribution in [1.82, 2.24) is 9.97 Å². The van der Waals surface area contributed by atoms with Crippen molar-refractivity contribution in [2.45, 2.75) is 72.1 Å². The van der Waals surface area contributed by atoms with Crippen molar-refractivity contribution in [2.75, 3.05) is 23.7 Å². The highest BCUT2D eigenvalue weighted by molar-refractivity contribution is 5.62. The van der Waals surface area contributed by atoms with E-state index in [1.54, 1.807) is 0 Å². The first-order chi connectivity index (χ1) is 14.1. The van der Waals surface area contributed by atoms with E-state index in [4.69, 9.17) is 15.7 Å². The summed E-state index contributed by atoms with van der Waals surface area (Å²) < 4.78 is 0. The van der Waals surface area contributed by atoms with Gasteiger partial charge in [0.05, 0.1) is 11.3 Å². The summed E-state index contributed by atoms with van der Waals surface area (Å²) in [6.45, 7) is 10.5. The molecule has 1 aliphatic rings. The Balaban J connectivity index is 2.08. The molecule has 5 heteroatoms. The fourth-order valence-corrected chi connectivity index (χ4v) is 4.59. The number of hydrogen-bond donors (Lipinski definition) is 1. The molecule has 154 valence electrons. The van der Waals surface area contributed by atoms with Crippen molar-refractivity contribution in [1.29, 1.82) is 5.26 Å². The molecule has 1 aromatic carbocycles. The van der Waals surface area contributed by atoms with Crippen LogP contribution >= 0.6 is 0 Å². The first-order valence-corrected chi connectivity index (χ1v) is 11.0. The summed E-state index contributed by atoms with van der Waals surface area (Å²) in [5.74, 6) is 2.30. The van der Waals surface area contributed by atoms with Gasteiger partial charge in [0.2, 0.25) is 0 Å². The molecule has 1 atom stereocenters. The second-order valence-corrected chi connectivity index (χ2v) is 7.82. The van der Waals surface area contributed by atoms with Gasteiger partial charge in [-0.3, -0.25) is 0 Å². The molecule has 1 aromatic heterocycles. The molecular weight excluding hydrogens is 358 g/mol. The lowest BCUT2D eigenvalue weighted by Crippen LogP contribution is -2.28. The van der Waals surface area contributed by atoms with E-state index < -0.39 is 0 Å². The van der Waals surface area contributed by atoms with Crippen LogP contribution in [-0.2, 0) is 25.7 Å². The van der Waals surface area contributed by atoms with Crippen LogP contribution in [0.4, 0.5) is 11.5 Å². The van der Waals surface area contributed by atoms with Gasteiger partial charge in [-0.15, -0.1) is 0 Å². The summed E-state index contributed by atoms with van der Waals surface area (Å²) >= 11 is 0. The Kier molecular flexibility index (Phi) is 6.74. The summed E-state index contributed by atoms with van der Waals surface area (Å²) in [5.41, 5.74) is 12.3. The highest BCUT2D eigenvalue weighted by Crippen LogP contribution is 2.39. The van der Waals surface area contributed by atoms with Crippen LogP contribution in [0, 0.1) is 11.3 Å². The quantitative estimate of drug-likeness (QED) is 0.700. The maximum atomic E-state index is 9.82. The van der Waals surface area contributed by atoms with E-state index in [0.29, 0.717) is 11.3 Å². The fourth-order valence-electron chi connectivity index (χ4n) is 4.59. The molecule has 0 amide bonds. The first-order valence-electron chi connectivity index (χ1n) is 11.0. The number of nitrogens with zero attached hydrogens (tertiary/aromatic N) is 4. The molecule has 0 aliphatic heterocycles. The minimum atomic E-state index is 0.284. The predicted molar refractivity (Wildman–Crippen MR) is 119 cm³/mol. The van der Waals surface area contributed by atoms with Crippen LogP contribution in [0.15, 0.2) is 12.1 Å². The molecule has 2 aromatic rings. The van der Waals surface area contributed by atoms with E-state index in [-0.39, 0.29) is 5.92 Å². The van der Waals surface area contributed by atoms with Gasteiger partial charge in [0, 0.05) is 30.8 Å². The van der Waals surface area contributed by atoms with E-state index in [2.05, 4.69) is 44.7 Å². The third kappa shape index (κ3) is 4.07. The number of nitriles is 1. The standard InChI is InChI=1S/C24H33N5/c1-5-9-16-11-13-20(26)19(15-25)23(16)17-10-12-18-21(14-17)27-22(6-2)28-24(18)29(7-3)8-4/h11,13,17H,5-10,12,14,26H2,1-4H3. The van der Waals surface area contributed by atoms with Crippen LogP contribution in [0.3, 0.4) is 0 Å². The second-order valence-electron chi connectivity index (χ2n) is 7.82. The average molecular weight is 392 g/mol. The normalized spacial score (nSPS) is 15.6. The number of aromatic nitrogens is 2. The third-order valence-electron chi connectivity index (χ3n) is 6.09. The van der Waals surface area contributed by atoms with E-state index in [9.17, 15) is 5.26 Å². The monoisotopic (exact) mass is 391 g/mol. The van der Waals surface area contributed by atoms with Gasteiger partial charge in [0.15, 0.2) is 0 Å². The number of hydrogen-bond acceptors (Lipinski definition) is 5. The highest BCUT2D eigenvalue weighted by Gasteiger charge is 2.29. The van der Waals surface area contributed by atoms with E-state index in [0.717, 1.165) is 74.5 Å². The number of benzene rings is 1. The Labute approximate surface area is 175 Å². The van der Waals surface area contributed by atoms with Crippen molar-refractivity contribution in [3.63, 3.8) is 0 Å². The summed E-state index contributed by atoms with van der Waals surface area (Å²) in [5, 5.41) is 9.82. The molecule has 1 aliphatic carbocycles. The third-order valence-corrected chi connectivity index (χ3v) is 6.09. The molecule has 5 nitrogen and oxygen atoms in total. The van der Waals surface area contributed by atoms with Crippen molar-refractivity contribution >= 4 is 11.5 Å². The van der Waals surface area contributed by atoms with E-state index >= 15 is 0 Å². The molecule has 0 bridgehead atoms. The number of fused-ring (bicyclic) bond motifs is 1. The van der Waals surface area contributed by atoms with Gasteiger partial charge in [0.25, 0.3) is 0 Å². The maximum absolute atomic E-state index is 9.82. The Hall–Kier alpha value is -2.61. The molecule has 0 saturated carbocycles. The molecule has 0 spiro atoms. The van der Waals surface area contributed by atoms with Crippen molar-refractivity contribution in [3.05, 3.63) is 45.9 Å². The van der Waals surface area contributed by atoms with Crippen LogP contribution in [0.25, 0.3) is 0 Å². The number of rotatable bonds is 7. The van der Waals surface area contributed by atoms with Gasteiger partial charge < -0.3 is 10.6 Å². The Morgan fingerprint density at radius 2 is 1.93 bits per heavy atom. The highest BCUT2D eigenvalue weighted by atomic mass is 15.2. The minimum Gasteiger partial charge on any atom is -0.398 e.